The summed E-state index contributed by atoms with van der Waals surface area (Å²) in [7, 11) is 0. The number of nitrogens with zero attached hydrogens (tertiary/aromatic N) is 2. The van der Waals surface area contributed by atoms with Gasteiger partial charge in [0.15, 0.2) is 0 Å². The minimum Gasteiger partial charge on any atom is -0.545 e. The Hall–Kier alpha value is -7.22. The molecule has 0 fully saturated rings. The van der Waals surface area contributed by atoms with Gasteiger partial charge in [0.1, 0.15) is 24.4 Å². The highest BCUT2D eigenvalue weighted by atomic mass is 32.1. The van der Waals surface area contributed by atoms with E-state index >= 15 is 26.3 Å². The highest BCUT2D eigenvalue weighted by Gasteiger charge is 2.80. The zero-order chi connectivity index (χ0) is 54.7. The van der Waals surface area contributed by atoms with Crippen LogP contribution in [0.4, 0.5) is 32.0 Å². The summed E-state index contributed by atoms with van der Waals surface area (Å²) < 4.78 is 105. The van der Waals surface area contributed by atoms with Crippen molar-refractivity contribution in [1.82, 2.24) is 4.58 Å². The molecule has 0 bridgehead atoms. The molecule has 392 valence electrons. The molecule has 3 aliphatic carbocycles. The summed E-state index contributed by atoms with van der Waals surface area (Å²) in [5.74, 6) is -16.8. The van der Waals surface area contributed by atoms with E-state index in [1.165, 1.54) is 26.0 Å². The van der Waals surface area contributed by atoms with Gasteiger partial charge in [-0.15, -0.1) is 22.7 Å². The van der Waals surface area contributed by atoms with Gasteiger partial charge in [0, 0.05) is 89.1 Å². The molecule has 0 spiro atoms. The predicted molar refractivity (Wildman–Crippen MR) is 300 cm³/mol. The number of allylic oxidation sites excluding steroid dienone is 2. The van der Waals surface area contributed by atoms with Crippen LogP contribution in [0.3, 0.4) is 0 Å². The lowest BCUT2D eigenvalue weighted by atomic mass is 9.81. The topological polar surface area (TPSA) is 59.5 Å². The molecule has 0 radical (unpaired) electrons. The first kappa shape index (κ1) is 51.9. The van der Waals surface area contributed by atoms with Crippen molar-refractivity contribution in [2.75, 3.05) is 31.1 Å². The molecule has 0 unspecified atom stereocenters. The number of rotatable bonds is 12. The first-order valence-corrected chi connectivity index (χ1v) is 27.4. The van der Waals surface area contributed by atoms with Gasteiger partial charge in [0.2, 0.25) is 5.36 Å². The van der Waals surface area contributed by atoms with E-state index in [9.17, 15) is 9.90 Å². The quantitative estimate of drug-likeness (QED) is 0.0695. The number of carbonyl (C=O) groups excluding carboxylic acids is 1. The van der Waals surface area contributed by atoms with Crippen LogP contribution in [0.1, 0.15) is 83.9 Å². The molecule has 5 nitrogen and oxygen atoms in total. The highest BCUT2D eigenvalue weighted by Crippen LogP contribution is 2.66. The fourth-order valence-electron chi connectivity index (χ4n) is 11.7. The van der Waals surface area contributed by atoms with E-state index in [4.69, 9.17) is 4.42 Å². The lowest BCUT2D eigenvalue weighted by molar-refractivity contribution is -0.255. The molecular weight excluding hydrogens is 1020 g/mol. The van der Waals surface area contributed by atoms with E-state index in [1.807, 2.05) is 72.8 Å². The molecule has 0 saturated carbocycles. The summed E-state index contributed by atoms with van der Waals surface area (Å²) in [5.41, 5.74) is 6.25. The number of hydrogen-bond donors (Lipinski definition) is 0. The van der Waals surface area contributed by atoms with Gasteiger partial charge in [-0.1, -0.05) is 80.6 Å². The second-order valence-corrected chi connectivity index (χ2v) is 22.9. The zero-order valence-electron chi connectivity index (χ0n) is 43.7. The average molecular weight is 1080 g/mol. The molecule has 11 rings (SSSR count). The SMILES string of the molecule is CCN(CC)c1ccc2c(-c3cc(-c4ccc5c(c4)C(C)(C)c4cc(-c6cc(C7=C(c8cc(-c9ccccc9)sc8C)C(F)(F)C(F)(F)C7(F)F)c(C)s6)ccc4-5)ccc3C(=O)[O-])c3ccc(=[N+](CC)CC)cc-3oc2c1. The Balaban J connectivity index is 0.999. The number of fused-ring (bicyclic) bond motifs is 5. The van der Waals surface area contributed by atoms with Crippen LogP contribution in [0, 0.1) is 13.8 Å². The monoisotopic (exact) mass is 1080 g/mol. The van der Waals surface area contributed by atoms with Crippen molar-refractivity contribution in [1.29, 1.82) is 0 Å². The van der Waals surface area contributed by atoms with Gasteiger partial charge in [0.05, 0.1) is 12.0 Å². The number of benzene rings is 6. The molecule has 1 aliphatic heterocycles. The third kappa shape index (κ3) is 8.00. The molecule has 0 saturated heterocycles. The Labute approximate surface area is 451 Å². The minimum absolute atomic E-state index is 0.0296. The van der Waals surface area contributed by atoms with Gasteiger partial charge in [-0.05, 0) is 151 Å². The van der Waals surface area contributed by atoms with E-state index in [-0.39, 0.29) is 26.4 Å². The number of alkyl halides is 6. The fourth-order valence-corrected chi connectivity index (χ4v) is 13.7. The van der Waals surface area contributed by atoms with Crippen molar-refractivity contribution in [3.63, 3.8) is 0 Å². The lowest BCUT2D eigenvalue weighted by Gasteiger charge is -2.25. The standard InChI is InChI=1S/C64H54F6N2O3S2/c1-9-71(10-2)41-21-26-46-53(31-41)75-54-32-42(72(11-3)12-4)22-27-47(54)57(46)50-28-38(19-25-45(50)60(73)74)39-18-23-43-44-24-20-40(30-52(44)61(7,8)51(43)29-39)56-34-49(36(6)77-56)59-58(62(65,66)64(69,70)63(59,67)68)48-33-55(76-35(48)5)37-16-14-13-15-17-37/h13-34H,9-12H2,1-8H3. The molecule has 2 aromatic heterocycles. The summed E-state index contributed by atoms with van der Waals surface area (Å²) >= 11 is 2.17. The summed E-state index contributed by atoms with van der Waals surface area (Å²) in [6.45, 7) is 18.7. The Morgan fingerprint density at radius 1 is 0.584 bits per heavy atom. The Morgan fingerprint density at radius 3 is 1.71 bits per heavy atom. The van der Waals surface area contributed by atoms with Crippen LogP contribution in [0.5, 0.6) is 0 Å². The van der Waals surface area contributed by atoms with Gasteiger partial charge in [0.25, 0.3) is 0 Å². The Morgan fingerprint density at radius 2 is 1.13 bits per heavy atom. The second-order valence-electron chi connectivity index (χ2n) is 20.4. The van der Waals surface area contributed by atoms with Gasteiger partial charge in [-0.3, -0.25) is 0 Å². The fraction of sp³-hybridized carbons (Fsp3) is 0.250. The van der Waals surface area contributed by atoms with Crippen LogP contribution >= 0.6 is 22.7 Å². The highest BCUT2D eigenvalue weighted by molar-refractivity contribution is 7.16. The number of thiophene rings is 2. The number of carbonyl (C=O) groups is 1. The molecule has 0 amide bonds. The number of aryl methyl sites for hydroxylation is 2. The van der Waals surface area contributed by atoms with E-state index in [1.54, 1.807) is 42.5 Å². The minimum atomic E-state index is -5.69. The Bertz CT molecular complexity index is 3950. The number of hydrogen-bond acceptors (Lipinski definition) is 6. The maximum absolute atomic E-state index is 16.2. The van der Waals surface area contributed by atoms with Crippen LogP contribution in [0.25, 0.3) is 87.7 Å². The van der Waals surface area contributed by atoms with Crippen LogP contribution in [0.15, 0.2) is 138 Å². The van der Waals surface area contributed by atoms with Gasteiger partial charge in [-0.2, -0.15) is 26.3 Å². The van der Waals surface area contributed by atoms with Crippen molar-refractivity contribution in [3.05, 3.63) is 176 Å². The van der Waals surface area contributed by atoms with Crippen molar-refractivity contribution in [2.45, 2.75) is 78.6 Å². The first-order chi connectivity index (χ1) is 36.7. The summed E-state index contributed by atoms with van der Waals surface area (Å²) in [5, 5.41) is 14.8. The van der Waals surface area contributed by atoms with E-state index in [0.717, 1.165) is 104 Å². The smallest absolute Gasteiger partial charge is 0.380 e. The van der Waals surface area contributed by atoms with Crippen molar-refractivity contribution in [3.8, 4) is 65.6 Å². The molecule has 13 heteroatoms. The second kappa shape index (κ2) is 18.8. The summed E-state index contributed by atoms with van der Waals surface area (Å²) in [6, 6.07) is 40.7. The maximum atomic E-state index is 16.2. The maximum Gasteiger partial charge on any atom is 0.380 e. The number of carboxylic acids is 1. The number of aromatic carboxylic acids is 1. The van der Waals surface area contributed by atoms with Crippen LogP contribution < -0.4 is 19.9 Å². The molecule has 0 N–H and O–H groups in total. The average Bonchev–Trinajstić information content (AvgIpc) is 4.20. The lowest BCUT2D eigenvalue weighted by Crippen LogP contribution is -2.48. The molecule has 7 aromatic rings. The van der Waals surface area contributed by atoms with E-state index in [0.29, 0.717) is 43.4 Å². The van der Waals surface area contributed by atoms with Crippen LogP contribution in [-0.2, 0) is 5.41 Å². The van der Waals surface area contributed by atoms with Crippen LogP contribution in [0.2, 0.25) is 0 Å². The van der Waals surface area contributed by atoms with E-state index < -0.39 is 40.3 Å². The van der Waals surface area contributed by atoms with Gasteiger partial charge >= 0.3 is 17.8 Å². The zero-order valence-corrected chi connectivity index (χ0v) is 45.4. The van der Waals surface area contributed by atoms with Crippen LogP contribution in [-0.4, -0.2) is 49.9 Å². The first-order valence-electron chi connectivity index (χ1n) is 25.8. The predicted octanol–water partition coefficient (Wildman–Crippen LogP) is 16.1. The number of carboxylic acid groups (broad SMARTS) is 1. The molecule has 3 heterocycles. The van der Waals surface area contributed by atoms with Gasteiger partial charge in [-0.25, -0.2) is 4.58 Å². The molecule has 4 aliphatic rings. The third-order valence-electron chi connectivity index (χ3n) is 15.8. The van der Waals surface area contributed by atoms with E-state index in [2.05, 4.69) is 57.1 Å². The van der Waals surface area contributed by atoms with Crippen molar-refractivity contribution in [2.24, 2.45) is 0 Å². The molecule has 0 atom stereocenters. The molecule has 77 heavy (non-hydrogen) atoms. The largest absolute Gasteiger partial charge is 0.545 e. The number of halogens is 6. The third-order valence-corrected chi connectivity index (χ3v) is 18.0. The Kier molecular flexibility index (Phi) is 12.6. The molecule has 5 aromatic carbocycles. The number of anilines is 1. The summed E-state index contributed by atoms with van der Waals surface area (Å²) in [6.07, 6.45) is 0. The van der Waals surface area contributed by atoms with Crippen molar-refractivity contribution < 1.29 is 40.7 Å². The normalized spacial score (nSPS) is 15.8. The summed E-state index contributed by atoms with van der Waals surface area (Å²) in [4.78, 5) is 16.7. The van der Waals surface area contributed by atoms with Gasteiger partial charge < -0.3 is 19.2 Å². The molecular formula is C64H54F6N2O3S2. The van der Waals surface area contributed by atoms with Crippen molar-refractivity contribution >= 4 is 56.4 Å².